The normalized spacial score (nSPS) is 15.2. The second-order valence-electron chi connectivity index (χ2n) is 9.01. The molecule has 1 fully saturated rings. The van der Waals surface area contributed by atoms with E-state index in [4.69, 9.17) is 4.74 Å². The third-order valence-electron chi connectivity index (χ3n) is 6.32. The second kappa shape index (κ2) is 8.80. The molecule has 1 N–H and O–H groups in total. The Morgan fingerprint density at radius 2 is 1.97 bits per heavy atom. The fourth-order valence-electron chi connectivity index (χ4n) is 4.55. The number of hydrogen-bond acceptors (Lipinski definition) is 6. The van der Waals surface area contributed by atoms with Gasteiger partial charge in [-0.3, -0.25) is 19.1 Å². The van der Waals surface area contributed by atoms with Gasteiger partial charge in [0.15, 0.2) is 11.4 Å². The quantitative estimate of drug-likeness (QED) is 0.578. The van der Waals surface area contributed by atoms with E-state index in [9.17, 15) is 14.4 Å². The molecule has 0 atom stereocenters. The smallest absolute Gasteiger partial charge is 0.313 e. The topological polar surface area (TPSA) is 108 Å². The van der Waals surface area contributed by atoms with Crippen molar-refractivity contribution in [3.05, 3.63) is 52.2 Å². The first kappa shape index (κ1) is 22.7. The van der Waals surface area contributed by atoms with Gasteiger partial charge in [-0.25, -0.2) is 4.98 Å². The van der Waals surface area contributed by atoms with E-state index in [1.807, 2.05) is 6.07 Å². The molecule has 1 aliphatic carbocycles. The maximum absolute atomic E-state index is 12.8. The Hall–Kier alpha value is -3.49. The van der Waals surface area contributed by atoms with Crippen LogP contribution in [0.3, 0.4) is 0 Å². The third-order valence-corrected chi connectivity index (χ3v) is 6.32. The summed E-state index contributed by atoms with van der Waals surface area (Å²) < 4.78 is 9.12. The van der Waals surface area contributed by atoms with Gasteiger partial charge in [0, 0.05) is 24.8 Å². The van der Waals surface area contributed by atoms with Crippen molar-refractivity contribution in [1.82, 2.24) is 24.6 Å². The first-order chi connectivity index (χ1) is 15.8. The van der Waals surface area contributed by atoms with E-state index in [1.54, 1.807) is 24.7 Å². The summed E-state index contributed by atoms with van der Waals surface area (Å²) in [6, 6.07) is 3.98. The van der Waals surface area contributed by atoms with Crippen LogP contribution in [0.15, 0.2) is 35.5 Å². The van der Waals surface area contributed by atoms with Crippen LogP contribution in [0, 0.1) is 12.8 Å². The summed E-state index contributed by atoms with van der Waals surface area (Å²) in [7, 11) is 1.43. The van der Waals surface area contributed by atoms with E-state index in [1.165, 1.54) is 13.2 Å². The lowest BCUT2D eigenvalue weighted by molar-refractivity contribution is -0.137. The molecular weight excluding hydrogens is 422 g/mol. The van der Waals surface area contributed by atoms with Gasteiger partial charge in [-0.1, -0.05) is 26.7 Å². The lowest BCUT2D eigenvalue weighted by Gasteiger charge is -2.32. The number of pyridine rings is 1. The van der Waals surface area contributed by atoms with Gasteiger partial charge in [0.25, 0.3) is 11.3 Å². The Bertz CT molecular complexity index is 1270. The zero-order valence-electron chi connectivity index (χ0n) is 19.4. The fraction of sp³-hybridized carbons (Fsp3) is 0.458. The Morgan fingerprint density at radius 1 is 1.24 bits per heavy atom. The highest BCUT2D eigenvalue weighted by Gasteiger charge is 2.38. The van der Waals surface area contributed by atoms with Crippen LogP contribution in [-0.2, 0) is 16.9 Å². The van der Waals surface area contributed by atoms with Crippen LogP contribution in [0.1, 0.15) is 55.6 Å². The third kappa shape index (κ3) is 4.15. The number of nitrogens with one attached hydrogen (secondary N) is 1. The van der Waals surface area contributed by atoms with Gasteiger partial charge in [-0.2, -0.15) is 5.10 Å². The second-order valence-corrected chi connectivity index (χ2v) is 9.01. The largest absolute Gasteiger partial charge is 0.420 e. The molecule has 1 saturated carbocycles. The molecule has 0 aliphatic heterocycles. The van der Waals surface area contributed by atoms with Crippen LogP contribution in [0.25, 0.3) is 11.0 Å². The van der Waals surface area contributed by atoms with Crippen molar-refractivity contribution in [2.45, 2.75) is 58.5 Å². The number of esters is 1. The highest BCUT2D eigenvalue weighted by atomic mass is 16.5. The maximum atomic E-state index is 12.8. The van der Waals surface area contributed by atoms with Gasteiger partial charge in [0.2, 0.25) is 0 Å². The molecule has 1 aliphatic rings. The van der Waals surface area contributed by atoms with Crippen LogP contribution in [0.2, 0.25) is 0 Å². The minimum Gasteiger partial charge on any atom is -0.420 e. The number of rotatable bonds is 6. The average molecular weight is 452 g/mol. The molecule has 3 aromatic rings. The summed E-state index contributed by atoms with van der Waals surface area (Å²) in [6.07, 6.45) is 9.22. The Kier molecular flexibility index (Phi) is 6.05. The van der Waals surface area contributed by atoms with Crippen LogP contribution < -0.4 is 15.5 Å². The summed E-state index contributed by atoms with van der Waals surface area (Å²) in [5.74, 6) is -1.78. The highest BCUT2D eigenvalue weighted by Crippen LogP contribution is 2.40. The average Bonchev–Trinajstić information content (AvgIpc) is 3.40. The molecule has 9 heteroatoms. The van der Waals surface area contributed by atoms with Crippen molar-refractivity contribution in [2.24, 2.45) is 5.92 Å². The summed E-state index contributed by atoms with van der Waals surface area (Å²) in [4.78, 5) is 42.0. The van der Waals surface area contributed by atoms with Crippen molar-refractivity contribution in [1.29, 1.82) is 0 Å². The van der Waals surface area contributed by atoms with Gasteiger partial charge in [0.1, 0.15) is 5.65 Å². The van der Waals surface area contributed by atoms with Crippen molar-refractivity contribution < 1.29 is 14.3 Å². The van der Waals surface area contributed by atoms with Crippen LogP contribution >= 0.6 is 0 Å². The Morgan fingerprint density at radius 3 is 2.64 bits per heavy atom. The first-order valence-electron chi connectivity index (χ1n) is 11.2. The molecule has 9 nitrogen and oxygen atoms in total. The van der Waals surface area contributed by atoms with Crippen molar-refractivity contribution in [3.8, 4) is 5.75 Å². The maximum Gasteiger partial charge on any atom is 0.313 e. The molecule has 0 spiro atoms. The van der Waals surface area contributed by atoms with E-state index < -0.39 is 23.2 Å². The van der Waals surface area contributed by atoms with Crippen molar-refractivity contribution in [2.75, 3.05) is 7.05 Å². The lowest BCUT2D eigenvalue weighted by Crippen LogP contribution is -2.38. The molecule has 0 saturated heterocycles. The van der Waals surface area contributed by atoms with Gasteiger partial charge >= 0.3 is 5.97 Å². The molecule has 0 aromatic carbocycles. The molecule has 4 rings (SSSR count). The number of carbonyl (C=O) groups is 2. The lowest BCUT2D eigenvalue weighted by atomic mass is 9.97. The Balaban J connectivity index is 1.82. The van der Waals surface area contributed by atoms with E-state index >= 15 is 0 Å². The Labute approximate surface area is 191 Å². The molecule has 0 radical (unpaired) electrons. The minimum absolute atomic E-state index is 0.192. The summed E-state index contributed by atoms with van der Waals surface area (Å²) in [5.41, 5.74) is 0.698. The zero-order chi connectivity index (χ0) is 23.8. The minimum atomic E-state index is -0.705. The van der Waals surface area contributed by atoms with Crippen LogP contribution in [0.4, 0.5) is 0 Å². The fourth-order valence-corrected chi connectivity index (χ4v) is 4.55. The first-order valence-corrected chi connectivity index (χ1v) is 11.2. The number of fused-ring (bicyclic) bond motifs is 1. The SMILES string of the molecule is CNC(=O)c1nn(CC2(n3cc(C)c4cccnc43)CCCC2)cc(OC(=O)C(C)C)c1=O. The monoisotopic (exact) mass is 451 g/mol. The molecule has 33 heavy (non-hydrogen) atoms. The van der Waals surface area contributed by atoms with Crippen LogP contribution in [-0.4, -0.2) is 38.3 Å². The number of aryl methyl sites for hydroxylation is 1. The van der Waals surface area contributed by atoms with E-state index in [-0.39, 0.29) is 17.0 Å². The molecule has 1 amide bonds. The zero-order valence-corrected chi connectivity index (χ0v) is 19.4. The summed E-state index contributed by atoms with van der Waals surface area (Å²) >= 11 is 0. The number of carbonyl (C=O) groups excluding carboxylic acids is 2. The van der Waals surface area contributed by atoms with Gasteiger partial charge in [-0.15, -0.1) is 0 Å². The van der Waals surface area contributed by atoms with Gasteiger partial charge in [0.05, 0.1) is 24.2 Å². The standard InChI is InChI=1S/C24H29N5O4/c1-15(2)23(32)33-18-13-28(27-19(20(18)30)22(31)25-4)14-24(9-5-6-10-24)29-12-16(3)17-8-7-11-26-21(17)29/h7-8,11-13,15H,5-6,9-10,14H2,1-4H3,(H,25,31). The molecular formula is C24H29N5O4. The molecule has 174 valence electrons. The number of aromatic nitrogens is 4. The number of nitrogens with zero attached hydrogens (tertiary/aromatic N) is 4. The van der Waals surface area contributed by atoms with E-state index in [2.05, 4.69) is 39.2 Å². The van der Waals surface area contributed by atoms with Crippen molar-refractivity contribution >= 4 is 22.9 Å². The molecule has 3 aromatic heterocycles. The van der Waals surface area contributed by atoms with Crippen LogP contribution in [0.5, 0.6) is 5.75 Å². The number of ether oxygens (including phenoxy) is 1. The molecule has 0 unspecified atom stereocenters. The highest BCUT2D eigenvalue weighted by molar-refractivity contribution is 5.92. The predicted octanol–water partition coefficient (Wildman–Crippen LogP) is 2.79. The van der Waals surface area contributed by atoms with Crippen molar-refractivity contribution in [3.63, 3.8) is 0 Å². The van der Waals surface area contributed by atoms with Gasteiger partial charge < -0.3 is 14.6 Å². The molecule has 3 heterocycles. The summed E-state index contributed by atoms with van der Waals surface area (Å²) in [5, 5.41) is 7.88. The predicted molar refractivity (Wildman–Crippen MR) is 123 cm³/mol. The number of amides is 1. The molecule has 0 bridgehead atoms. The van der Waals surface area contributed by atoms with Gasteiger partial charge in [-0.05, 0) is 37.5 Å². The van der Waals surface area contributed by atoms with E-state index in [0.717, 1.165) is 42.3 Å². The van der Waals surface area contributed by atoms with E-state index in [0.29, 0.717) is 6.54 Å². The summed E-state index contributed by atoms with van der Waals surface area (Å²) in [6.45, 7) is 5.83. The number of hydrogen-bond donors (Lipinski definition) is 1.